The van der Waals surface area contributed by atoms with Gasteiger partial charge in [0, 0.05) is 0 Å². The van der Waals surface area contributed by atoms with Crippen LogP contribution in [0, 0.1) is 3.70 Å². The molecule has 0 aliphatic rings. The Morgan fingerprint density at radius 3 is 3.00 bits per heavy atom. The van der Waals surface area contributed by atoms with E-state index in [2.05, 4.69) is 27.7 Å². The Hall–Kier alpha value is -0.290. The molecule has 0 saturated carbocycles. The second-order valence-corrected chi connectivity index (χ2v) is 3.64. The molecule has 0 saturated heterocycles. The summed E-state index contributed by atoms with van der Waals surface area (Å²) in [5.41, 5.74) is 1.03. The summed E-state index contributed by atoms with van der Waals surface area (Å²) < 4.78 is 2.67. The highest BCUT2D eigenvalue weighted by atomic mass is 127. The topological polar surface area (TPSA) is 17.3 Å². The van der Waals surface area contributed by atoms with Crippen molar-refractivity contribution in [2.24, 2.45) is 0 Å². The molecule has 2 aromatic heterocycles. The van der Waals surface area contributed by atoms with Gasteiger partial charge in [0.05, 0.1) is 5.52 Å². The molecule has 0 unspecified atom stereocenters. The molecular formula is C7H4ClIN2. The molecule has 56 valence electrons. The van der Waals surface area contributed by atoms with Crippen molar-refractivity contribution in [2.45, 2.75) is 0 Å². The van der Waals surface area contributed by atoms with Crippen LogP contribution in [0.2, 0.25) is 5.15 Å². The Balaban J connectivity index is 2.90. The fourth-order valence-corrected chi connectivity index (χ4v) is 1.69. The fourth-order valence-electron chi connectivity index (χ4n) is 0.952. The molecule has 0 spiro atoms. The van der Waals surface area contributed by atoms with Crippen LogP contribution in [0.4, 0.5) is 0 Å². The van der Waals surface area contributed by atoms with Gasteiger partial charge in [-0.2, -0.15) is 5.10 Å². The number of rotatable bonds is 0. The standard InChI is InChI=1S/C7H4ClIN2/c8-6-3-1-2-5-4-7(9)10-11(5)6/h1-4H. The van der Waals surface area contributed by atoms with Crippen LogP contribution >= 0.6 is 34.2 Å². The molecule has 0 aromatic carbocycles. The number of fused-ring (bicyclic) bond motifs is 1. The molecule has 2 aromatic rings. The van der Waals surface area contributed by atoms with Gasteiger partial charge in [0.1, 0.15) is 8.85 Å². The summed E-state index contributed by atoms with van der Waals surface area (Å²) in [7, 11) is 0. The van der Waals surface area contributed by atoms with E-state index in [1.807, 2.05) is 24.3 Å². The summed E-state index contributed by atoms with van der Waals surface area (Å²) >= 11 is 8.03. The van der Waals surface area contributed by atoms with Crippen molar-refractivity contribution < 1.29 is 0 Å². The number of pyridine rings is 1. The molecule has 0 aliphatic carbocycles. The van der Waals surface area contributed by atoms with E-state index in [4.69, 9.17) is 11.6 Å². The predicted octanol–water partition coefficient (Wildman–Crippen LogP) is 2.59. The first-order valence-electron chi connectivity index (χ1n) is 3.07. The molecule has 11 heavy (non-hydrogen) atoms. The third-order valence-electron chi connectivity index (χ3n) is 1.41. The van der Waals surface area contributed by atoms with E-state index < -0.39 is 0 Å². The second-order valence-electron chi connectivity index (χ2n) is 2.15. The largest absolute Gasteiger partial charge is 0.221 e. The smallest absolute Gasteiger partial charge is 0.131 e. The van der Waals surface area contributed by atoms with E-state index in [-0.39, 0.29) is 0 Å². The molecule has 2 heterocycles. The van der Waals surface area contributed by atoms with Gasteiger partial charge in [-0.05, 0) is 40.8 Å². The zero-order valence-electron chi connectivity index (χ0n) is 5.46. The molecule has 0 bridgehead atoms. The molecule has 0 atom stereocenters. The van der Waals surface area contributed by atoms with Crippen molar-refractivity contribution in [1.29, 1.82) is 0 Å². The molecule has 0 radical (unpaired) electrons. The number of hydrogen-bond acceptors (Lipinski definition) is 1. The normalized spacial score (nSPS) is 10.7. The number of halogens is 2. The van der Waals surface area contributed by atoms with Gasteiger partial charge in [0.25, 0.3) is 0 Å². The fraction of sp³-hybridized carbons (Fsp3) is 0. The first kappa shape index (κ1) is 7.36. The zero-order valence-corrected chi connectivity index (χ0v) is 8.37. The monoisotopic (exact) mass is 278 g/mol. The van der Waals surface area contributed by atoms with Gasteiger partial charge in [0.15, 0.2) is 0 Å². The van der Waals surface area contributed by atoms with Gasteiger partial charge in [0.2, 0.25) is 0 Å². The molecule has 2 nitrogen and oxygen atoms in total. The lowest BCUT2D eigenvalue weighted by molar-refractivity contribution is 0.946. The average molecular weight is 278 g/mol. The maximum absolute atomic E-state index is 5.87. The summed E-state index contributed by atoms with van der Waals surface area (Å²) in [5, 5.41) is 4.83. The summed E-state index contributed by atoms with van der Waals surface area (Å²) in [6.45, 7) is 0. The lowest BCUT2D eigenvalue weighted by Crippen LogP contribution is -1.87. The van der Waals surface area contributed by atoms with Crippen LogP contribution in [-0.2, 0) is 0 Å². The molecule has 0 fully saturated rings. The molecule has 0 N–H and O–H groups in total. The van der Waals surface area contributed by atoms with E-state index in [9.17, 15) is 0 Å². The van der Waals surface area contributed by atoms with Gasteiger partial charge in [-0.25, -0.2) is 4.52 Å². The minimum absolute atomic E-state index is 0.644. The SMILES string of the molecule is Clc1cccc2cc(I)nn12. The molecule has 0 amide bonds. The van der Waals surface area contributed by atoms with Crippen molar-refractivity contribution in [3.8, 4) is 0 Å². The molecule has 0 aliphatic heterocycles. The number of aromatic nitrogens is 2. The number of nitrogens with zero attached hydrogens (tertiary/aromatic N) is 2. The van der Waals surface area contributed by atoms with E-state index in [0.717, 1.165) is 9.22 Å². The van der Waals surface area contributed by atoms with Crippen LogP contribution in [-0.4, -0.2) is 9.61 Å². The number of hydrogen-bond donors (Lipinski definition) is 0. The van der Waals surface area contributed by atoms with Gasteiger partial charge in [-0.15, -0.1) is 0 Å². The third kappa shape index (κ3) is 1.22. The molecule has 2 rings (SSSR count). The minimum Gasteiger partial charge on any atom is -0.221 e. The van der Waals surface area contributed by atoms with Crippen LogP contribution < -0.4 is 0 Å². The van der Waals surface area contributed by atoms with Gasteiger partial charge < -0.3 is 0 Å². The van der Waals surface area contributed by atoms with Crippen molar-refractivity contribution >= 4 is 39.7 Å². The maximum Gasteiger partial charge on any atom is 0.131 e. The first-order valence-corrected chi connectivity index (χ1v) is 4.53. The van der Waals surface area contributed by atoms with E-state index in [1.54, 1.807) is 4.52 Å². The second kappa shape index (κ2) is 2.64. The van der Waals surface area contributed by atoms with Crippen LogP contribution in [0.5, 0.6) is 0 Å². The van der Waals surface area contributed by atoms with Crippen molar-refractivity contribution in [1.82, 2.24) is 9.61 Å². The zero-order chi connectivity index (χ0) is 7.84. The lowest BCUT2D eigenvalue weighted by atomic mass is 10.4. The minimum atomic E-state index is 0.644. The maximum atomic E-state index is 5.87. The summed E-state index contributed by atoms with van der Waals surface area (Å²) in [5.74, 6) is 0. The van der Waals surface area contributed by atoms with Crippen molar-refractivity contribution in [3.05, 3.63) is 33.1 Å². The Morgan fingerprint density at radius 1 is 1.45 bits per heavy atom. The highest BCUT2D eigenvalue weighted by Gasteiger charge is 1.99. The summed E-state index contributed by atoms with van der Waals surface area (Å²) in [6, 6.07) is 7.68. The average Bonchev–Trinajstić information content (AvgIpc) is 2.31. The Labute approximate surface area is 82.3 Å². The lowest BCUT2D eigenvalue weighted by Gasteiger charge is -1.93. The van der Waals surface area contributed by atoms with Gasteiger partial charge in [-0.1, -0.05) is 17.7 Å². The van der Waals surface area contributed by atoms with Crippen LogP contribution in [0.25, 0.3) is 5.52 Å². The highest BCUT2D eigenvalue weighted by Crippen LogP contribution is 2.14. The highest BCUT2D eigenvalue weighted by molar-refractivity contribution is 14.1. The van der Waals surface area contributed by atoms with Crippen LogP contribution in [0.1, 0.15) is 0 Å². The van der Waals surface area contributed by atoms with E-state index >= 15 is 0 Å². The quantitative estimate of drug-likeness (QED) is 0.535. The molecule has 4 heteroatoms. The predicted molar refractivity (Wildman–Crippen MR) is 52.9 cm³/mol. The van der Waals surface area contributed by atoms with Gasteiger partial charge >= 0.3 is 0 Å². The third-order valence-corrected chi connectivity index (χ3v) is 2.22. The van der Waals surface area contributed by atoms with Crippen LogP contribution in [0.3, 0.4) is 0 Å². The van der Waals surface area contributed by atoms with E-state index in [0.29, 0.717) is 5.15 Å². The van der Waals surface area contributed by atoms with Crippen molar-refractivity contribution in [3.63, 3.8) is 0 Å². The Morgan fingerprint density at radius 2 is 2.27 bits per heavy atom. The Kier molecular flexibility index (Phi) is 1.77. The molecular weight excluding hydrogens is 274 g/mol. The summed E-state index contributed by atoms with van der Waals surface area (Å²) in [4.78, 5) is 0. The van der Waals surface area contributed by atoms with E-state index in [1.165, 1.54) is 0 Å². The van der Waals surface area contributed by atoms with Gasteiger partial charge in [-0.3, -0.25) is 0 Å². The first-order chi connectivity index (χ1) is 5.27. The summed E-state index contributed by atoms with van der Waals surface area (Å²) in [6.07, 6.45) is 0. The van der Waals surface area contributed by atoms with Crippen molar-refractivity contribution in [2.75, 3.05) is 0 Å². The van der Waals surface area contributed by atoms with Crippen LogP contribution in [0.15, 0.2) is 24.3 Å². The Bertz CT molecular complexity index is 396.